The van der Waals surface area contributed by atoms with Gasteiger partial charge in [0, 0.05) is 18.0 Å². The van der Waals surface area contributed by atoms with Crippen molar-refractivity contribution in [3.63, 3.8) is 0 Å². The van der Waals surface area contributed by atoms with Crippen LogP contribution in [-0.2, 0) is 11.2 Å². The number of para-hydroxylation sites is 1. The van der Waals surface area contributed by atoms with Gasteiger partial charge in [-0.3, -0.25) is 9.59 Å². The average molecular weight is 418 g/mol. The Bertz CT molecular complexity index is 1240. The molecule has 1 fully saturated rings. The van der Waals surface area contributed by atoms with E-state index in [-0.39, 0.29) is 17.4 Å². The van der Waals surface area contributed by atoms with Crippen LogP contribution in [0.3, 0.4) is 0 Å². The SMILES string of the molecule is COc1cc2c(cc1OC)[C@H](c1cc3cccc(C)c3[nH]c1=O)N(C(=O)C1CC1)CC2. The largest absolute Gasteiger partial charge is 0.493 e. The number of nitrogens with zero attached hydrogens (tertiary/aromatic N) is 1. The number of ether oxygens (including phenoxy) is 2. The lowest BCUT2D eigenvalue weighted by Crippen LogP contribution is -2.43. The lowest BCUT2D eigenvalue weighted by Gasteiger charge is -2.38. The highest BCUT2D eigenvalue weighted by atomic mass is 16.5. The summed E-state index contributed by atoms with van der Waals surface area (Å²) in [5.74, 6) is 1.46. The summed E-state index contributed by atoms with van der Waals surface area (Å²) in [7, 11) is 3.21. The summed E-state index contributed by atoms with van der Waals surface area (Å²) in [6, 6.07) is 11.3. The summed E-state index contributed by atoms with van der Waals surface area (Å²) in [6.45, 7) is 2.56. The van der Waals surface area contributed by atoms with Crippen molar-refractivity contribution < 1.29 is 14.3 Å². The van der Waals surface area contributed by atoms with Gasteiger partial charge in [0.25, 0.3) is 5.56 Å². The number of nitrogens with one attached hydrogen (secondary N) is 1. The maximum absolute atomic E-state index is 13.3. The molecule has 0 unspecified atom stereocenters. The van der Waals surface area contributed by atoms with Gasteiger partial charge in [0.05, 0.1) is 25.8 Å². The fourth-order valence-electron chi connectivity index (χ4n) is 4.69. The smallest absolute Gasteiger partial charge is 0.254 e. The van der Waals surface area contributed by atoms with E-state index in [0.29, 0.717) is 23.6 Å². The van der Waals surface area contributed by atoms with Gasteiger partial charge in [-0.2, -0.15) is 0 Å². The average Bonchev–Trinajstić information content (AvgIpc) is 3.62. The third kappa shape index (κ3) is 3.26. The van der Waals surface area contributed by atoms with Crippen LogP contribution in [0, 0.1) is 12.8 Å². The van der Waals surface area contributed by atoms with E-state index in [1.165, 1.54) is 0 Å². The Kier molecular flexibility index (Phi) is 4.73. The molecule has 31 heavy (non-hydrogen) atoms. The lowest BCUT2D eigenvalue weighted by molar-refractivity contribution is -0.134. The molecule has 0 spiro atoms. The van der Waals surface area contributed by atoms with Crippen LogP contribution in [0.25, 0.3) is 10.9 Å². The third-order valence-electron chi connectivity index (χ3n) is 6.49. The van der Waals surface area contributed by atoms with Crippen LogP contribution in [0.1, 0.15) is 41.1 Å². The van der Waals surface area contributed by atoms with Crippen LogP contribution in [0.4, 0.5) is 0 Å². The number of aromatic nitrogens is 1. The van der Waals surface area contributed by atoms with Gasteiger partial charge in [0.1, 0.15) is 0 Å². The molecule has 5 rings (SSSR count). The lowest BCUT2D eigenvalue weighted by atomic mass is 9.87. The standard InChI is InChI=1S/C25H26N2O4/c1-14-5-4-6-17-11-19(24(28)26-22(14)17)23-18-13-21(31-3)20(30-2)12-16(18)9-10-27(23)25(29)15-7-8-15/h4-6,11-13,15,23H,7-10H2,1-3H3,(H,26,28)/t23-/m1/s1. The Morgan fingerprint density at radius 2 is 1.81 bits per heavy atom. The number of aromatic amines is 1. The van der Waals surface area contributed by atoms with Crippen molar-refractivity contribution in [1.29, 1.82) is 0 Å². The number of pyridine rings is 1. The molecular weight excluding hydrogens is 392 g/mol. The van der Waals surface area contributed by atoms with Gasteiger partial charge in [0.15, 0.2) is 11.5 Å². The number of methoxy groups -OCH3 is 2. The van der Waals surface area contributed by atoms with Crippen molar-refractivity contribution in [1.82, 2.24) is 9.88 Å². The van der Waals surface area contributed by atoms with Gasteiger partial charge < -0.3 is 19.4 Å². The summed E-state index contributed by atoms with van der Waals surface area (Å²) in [6.07, 6.45) is 2.57. The summed E-state index contributed by atoms with van der Waals surface area (Å²) < 4.78 is 11.0. The highest BCUT2D eigenvalue weighted by Gasteiger charge is 2.40. The first-order chi connectivity index (χ1) is 15.0. The molecule has 2 aliphatic rings. The first-order valence-electron chi connectivity index (χ1n) is 10.7. The van der Waals surface area contributed by atoms with E-state index in [0.717, 1.165) is 46.9 Å². The Hall–Kier alpha value is -3.28. The number of carbonyl (C=O) groups is 1. The second kappa shape index (κ2) is 7.45. The van der Waals surface area contributed by atoms with Gasteiger partial charge in [-0.25, -0.2) is 0 Å². The van der Waals surface area contributed by atoms with E-state index in [1.807, 2.05) is 48.2 Å². The van der Waals surface area contributed by atoms with Crippen LogP contribution < -0.4 is 15.0 Å². The topological polar surface area (TPSA) is 71.6 Å². The number of carbonyl (C=O) groups excluding carboxylic acids is 1. The molecule has 0 saturated heterocycles. The number of hydrogen-bond donors (Lipinski definition) is 1. The second-order valence-corrected chi connectivity index (χ2v) is 8.46. The molecule has 160 valence electrons. The number of aryl methyl sites for hydroxylation is 1. The predicted octanol–water partition coefficient (Wildman–Crippen LogP) is 3.74. The van der Waals surface area contributed by atoms with E-state index >= 15 is 0 Å². The van der Waals surface area contributed by atoms with Crippen molar-refractivity contribution in [2.75, 3.05) is 20.8 Å². The first kappa shape index (κ1) is 19.7. The van der Waals surface area contributed by atoms with Crippen LogP contribution in [-0.4, -0.2) is 36.6 Å². The van der Waals surface area contributed by atoms with Gasteiger partial charge in [-0.1, -0.05) is 18.2 Å². The molecule has 0 radical (unpaired) electrons. The van der Waals surface area contributed by atoms with Gasteiger partial charge in [-0.05, 0) is 66.5 Å². The maximum Gasteiger partial charge on any atom is 0.254 e. The summed E-state index contributed by atoms with van der Waals surface area (Å²) in [5, 5.41) is 0.959. The summed E-state index contributed by atoms with van der Waals surface area (Å²) in [5.41, 5.74) is 4.27. The molecule has 1 amide bonds. The molecular formula is C25H26N2O4. The van der Waals surface area contributed by atoms with Crippen molar-refractivity contribution >= 4 is 16.8 Å². The highest BCUT2D eigenvalue weighted by Crippen LogP contribution is 2.43. The molecule has 3 aromatic rings. The Balaban J connectivity index is 1.73. The Morgan fingerprint density at radius 3 is 2.52 bits per heavy atom. The van der Waals surface area contributed by atoms with E-state index < -0.39 is 6.04 Å². The third-order valence-corrected chi connectivity index (χ3v) is 6.49. The minimum Gasteiger partial charge on any atom is -0.493 e. The number of fused-ring (bicyclic) bond motifs is 2. The number of H-pyrrole nitrogens is 1. The fraction of sp³-hybridized carbons (Fsp3) is 0.360. The van der Waals surface area contributed by atoms with Crippen LogP contribution in [0.5, 0.6) is 11.5 Å². The van der Waals surface area contributed by atoms with Crippen LogP contribution >= 0.6 is 0 Å². The monoisotopic (exact) mass is 418 g/mol. The molecule has 2 aromatic carbocycles. The van der Waals surface area contributed by atoms with Crippen molar-refractivity contribution in [2.45, 2.75) is 32.2 Å². The molecule has 1 saturated carbocycles. The molecule has 2 heterocycles. The molecule has 1 aliphatic carbocycles. The molecule has 1 N–H and O–H groups in total. The summed E-state index contributed by atoms with van der Waals surface area (Å²) >= 11 is 0. The van der Waals surface area contributed by atoms with Crippen LogP contribution in [0.2, 0.25) is 0 Å². The zero-order chi connectivity index (χ0) is 21.7. The van der Waals surface area contributed by atoms with E-state index in [2.05, 4.69) is 4.98 Å². The first-order valence-corrected chi connectivity index (χ1v) is 10.7. The van der Waals surface area contributed by atoms with Crippen molar-refractivity contribution in [3.8, 4) is 11.5 Å². The molecule has 1 aromatic heterocycles. The van der Waals surface area contributed by atoms with Crippen molar-refractivity contribution in [3.05, 3.63) is 69.0 Å². The molecule has 0 bridgehead atoms. The maximum atomic E-state index is 13.3. The summed E-state index contributed by atoms with van der Waals surface area (Å²) in [4.78, 5) is 31.4. The minimum atomic E-state index is -0.453. The zero-order valence-electron chi connectivity index (χ0n) is 18.0. The molecule has 1 aliphatic heterocycles. The quantitative estimate of drug-likeness (QED) is 0.701. The van der Waals surface area contributed by atoms with Crippen LogP contribution in [0.15, 0.2) is 41.2 Å². The normalized spacial score (nSPS) is 18.0. The number of hydrogen-bond acceptors (Lipinski definition) is 4. The van der Waals surface area contributed by atoms with E-state index in [9.17, 15) is 9.59 Å². The number of benzene rings is 2. The van der Waals surface area contributed by atoms with E-state index in [4.69, 9.17) is 9.47 Å². The zero-order valence-corrected chi connectivity index (χ0v) is 18.0. The molecule has 6 nitrogen and oxygen atoms in total. The predicted molar refractivity (Wildman–Crippen MR) is 119 cm³/mol. The Morgan fingerprint density at radius 1 is 1.06 bits per heavy atom. The Labute approximate surface area is 180 Å². The number of amides is 1. The number of rotatable bonds is 4. The van der Waals surface area contributed by atoms with Crippen molar-refractivity contribution in [2.24, 2.45) is 5.92 Å². The minimum absolute atomic E-state index is 0.0750. The highest BCUT2D eigenvalue weighted by molar-refractivity contribution is 5.84. The van der Waals surface area contributed by atoms with Gasteiger partial charge >= 0.3 is 0 Å². The fourth-order valence-corrected chi connectivity index (χ4v) is 4.69. The van der Waals surface area contributed by atoms with E-state index in [1.54, 1.807) is 14.2 Å². The second-order valence-electron chi connectivity index (χ2n) is 8.46. The van der Waals surface area contributed by atoms with Gasteiger partial charge in [-0.15, -0.1) is 0 Å². The molecule has 1 atom stereocenters. The molecule has 6 heteroatoms. The van der Waals surface area contributed by atoms with Gasteiger partial charge in [0.2, 0.25) is 5.91 Å².